The lowest BCUT2D eigenvalue weighted by Gasteiger charge is -2.22. The molecule has 19 heavy (non-hydrogen) atoms. The van der Waals surface area contributed by atoms with Crippen molar-refractivity contribution in [2.75, 3.05) is 20.2 Å². The van der Waals surface area contributed by atoms with Crippen molar-refractivity contribution in [2.24, 2.45) is 5.41 Å². The number of rotatable bonds is 5. The molecule has 0 aliphatic heterocycles. The van der Waals surface area contributed by atoms with Crippen molar-refractivity contribution in [3.8, 4) is 0 Å². The van der Waals surface area contributed by atoms with E-state index < -0.39 is 5.41 Å². The van der Waals surface area contributed by atoms with Gasteiger partial charge in [0, 0.05) is 13.6 Å². The van der Waals surface area contributed by atoms with Crippen LogP contribution in [0.25, 0.3) is 0 Å². The van der Waals surface area contributed by atoms with E-state index in [4.69, 9.17) is 0 Å². The highest BCUT2D eigenvalue weighted by molar-refractivity contribution is 5.85. The fraction of sp³-hybridized carbons (Fsp3) is 0.562. The molecule has 0 spiro atoms. The van der Waals surface area contributed by atoms with Crippen molar-refractivity contribution >= 4 is 5.91 Å². The zero-order chi connectivity index (χ0) is 14.0. The molecular weight excluding hydrogens is 238 g/mol. The Morgan fingerprint density at radius 2 is 2.00 bits per heavy atom. The number of amides is 1. The molecule has 2 rings (SSSR count). The van der Waals surface area contributed by atoms with Gasteiger partial charge in [0.1, 0.15) is 0 Å². The SMILES string of the molecule is Cc1ccc(CCN(C)C(=O)C2(CO)CC2)cc1C. The molecule has 1 saturated carbocycles. The van der Waals surface area contributed by atoms with Crippen LogP contribution in [-0.4, -0.2) is 36.1 Å². The first kappa shape index (κ1) is 14.1. The predicted octanol–water partition coefficient (Wildman–Crippen LogP) is 2.08. The van der Waals surface area contributed by atoms with E-state index >= 15 is 0 Å². The molecule has 0 atom stereocenters. The minimum absolute atomic E-state index is 0.0141. The van der Waals surface area contributed by atoms with Gasteiger partial charge in [-0.1, -0.05) is 18.2 Å². The number of hydrogen-bond donors (Lipinski definition) is 1. The average Bonchev–Trinajstić information content (AvgIpc) is 3.20. The molecule has 104 valence electrons. The number of aryl methyl sites for hydroxylation is 2. The highest BCUT2D eigenvalue weighted by Crippen LogP contribution is 2.46. The lowest BCUT2D eigenvalue weighted by Crippen LogP contribution is -2.37. The Balaban J connectivity index is 1.91. The minimum Gasteiger partial charge on any atom is -0.395 e. The van der Waals surface area contributed by atoms with Crippen molar-refractivity contribution in [2.45, 2.75) is 33.1 Å². The first-order chi connectivity index (χ1) is 8.98. The molecule has 1 N–H and O–H groups in total. The quantitative estimate of drug-likeness (QED) is 0.881. The lowest BCUT2D eigenvalue weighted by molar-refractivity contribution is -0.137. The number of carbonyl (C=O) groups excluding carboxylic acids is 1. The first-order valence-corrected chi connectivity index (χ1v) is 6.91. The number of hydrogen-bond acceptors (Lipinski definition) is 2. The van der Waals surface area contributed by atoms with Gasteiger partial charge in [0.25, 0.3) is 0 Å². The van der Waals surface area contributed by atoms with Crippen LogP contribution in [0.2, 0.25) is 0 Å². The fourth-order valence-electron chi connectivity index (χ4n) is 2.35. The predicted molar refractivity (Wildman–Crippen MR) is 76.0 cm³/mol. The largest absolute Gasteiger partial charge is 0.395 e. The van der Waals surface area contributed by atoms with Crippen LogP contribution in [0.4, 0.5) is 0 Å². The first-order valence-electron chi connectivity index (χ1n) is 6.91. The third-order valence-electron chi connectivity index (χ3n) is 4.26. The molecule has 1 aromatic carbocycles. The molecule has 0 unspecified atom stereocenters. The molecule has 0 saturated heterocycles. The molecule has 1 aliphatic rings. The third-order valence-corrected chi connectivity index (χ3v) is 4.26. The third kappa shape index (κ3) is 2.98. The molecular formula is C16H23NO2. The summed E-state index contributed by atoms with van der Waals surface area (Å²) >= 11 is 0. The van der Waals surface area contributed by atoms with Gasteiger partial charge in [-0.15, -0.1) is 0 Å². The number of benzene rings is 1. The summed E-state index contributed by atoms with van der Waals surface area (Å²) < 4.78 is 0. The molecule has 0 bridgehead atoms. The molecule has 0 radical (unpaired) electrons. The number of aliphatic hydroxyl groups excluding tert-OH is 1. The van der Waals surface area contributed by atoms with Gasteiger partial charge < -0.3 is 10.0 Å². The van der Waals surface area contributed by atoms with E-state index in [-0.39, 0.29) is 12.5 Å². The van der Waals surface area contributed by atoms with Gasteiger partial charge in [0.05, 0.1) is 12.0 Å². The van der Waals surface area contributed by atoms with E-state index in [9.17, 15) is 9.90 Å². The molecule has 3 heteroatoms. The molecule has 1 fully saturated rings. The maximum Gasteiger partial charge on any atom is 0.230 e. The zero-order valence-electron chi connectivity index (χ0n) is 12.1. The van der Waals surface area contributed by atoms with Crippen LogP contribution in [0.15, 0.2) is 18.2 Å². The summed E-state index contributed by atoms with van der Waals surface area (Å²) in [6, 6.07) is 6.44. The van der Waals surface area contributed by atoms with Crippen LogP contribution in [0.1, 0.15) is 29.5 Å². The molecule has 3 nitrogen and oxygen atoms in total. The Bertz CT molecular complexity index is 478. The van der Waals surface area contributed by atoms with E-state index in [0.717, 1.165) is 19.3 Å². The summed E-state index contributed by atoms with van der Waals surface area (Å²) in [6.07, 6.45) is 2.53. The summed E-state index contributed by atoms with van der Waals surface area (Å²) in [7, 11) is 1.83. The second-order valence-corrected chi connectivity index (χ2v) is 5.83. The van der Waals surface area contributed by atoms with Crippen LogP contribution in [-0.2, 0) is 11.2 Å². The Morgan fingerprint density at radius 1 is 1.32 bits per heavy atom. The number of carbonyl (C=O) groups is 1. The van der Waals surface area contributed by atoms with Gasteiger partial charge in [-0.2, -0.15) is 0 Å². The van der Waals surface area contributed by atoms with Crippen LogP contribution in [0.5, 0.6) is 0 Å². The molecule has 0 aromatic heterocycles. The van der Waals surface area contributed by atoms with Crippen LogP contribution >= 0.6 is 0 Å². The topological polar surface area (TPSA) is 40.5 Å². The highest BCUT2D eigenvalue weighted by Gasteiger charge is 2.50. The van der Waals surface area contributed by atoms with Gasteiger partial charge in [0.15, 0.2) is 0 Å². The maximum atomic E-state index is 12.2. The van der Waals surface area contributed by atoms with Crippen LogP contribution < -0.4 is 0 Å². The van der Waals surface area contributed by atoms with Gasteiger partial charge in [-0.3, -0.25) is 4.79 Å². The number of aliphatic hydroxyl groups is 1. The summed E-state index contributed by atoms with van der Waals surface area (Å²) in [5, 5.41) is 9.28. The van der Waals surface area contributed by atoms with Crippen molar-refractivity contribution < 1.29 is 9.90 Å². The van der Waals surface area contributed by atoms with Gasteiger partial charge in [0.2, 0.25) is 5.91 Å². The summed E-state index contributed by atoms with van der Waals surface area (Å²) in [5.74, 6) is 0.0961. The number of nitrogens with zero attached hydrogens (tertiary/aromatic N) is 1. The second-order valence-electron chi connectivity index (χ2n) is 5.83. The zero-order valence-corrected chi connectivity index (χ0v) is 12.1. The smallest absolute Gasteiger partial charge is 0.230 e. The monoisotopic (exact) mass is 261 g/mol. The summed E-state index contributed by atoms with van der Waals surface area (Å²) in [6.45, 7) is 4.91. The van der Waals surface area contributed by atoms with E-state index in [1.54, 1.807) is 4.90 Å². The molecule has 1 amide bonds. The molecule has 1 aliphatic carbocycles. The van der Waals surface area contributed by atoms with Crippen LogP contribution in [0, 0.1) is 19.3 Å². The Morgan fingerprint density at radius 3 is 2.53 bits per heavy atom. The highest BCUT2D eigenvalue weighted by atomic mass is 16.3. The summed E-state index contributed by atoms with van der Waals surface area (Å²) in [5.41, 5.74) is 3.40. The minimum atomic E-state index is -0.446. The Kier molecular flexibility index (Phi) is 3.95. The van der Waals surface area contributed by atoms with Gasteiger partial charge >= 0.3 is 0 Å². The van der Waals surface area contributed by atoms with Crippen LogP contribution in [0.3, 0.4) is 0 Å². The lowest BCUT2D eigenvalue weighted by atomic mass is 10.0. The van der Waals surface area contributed by atoms with E-state index in [1.807, 2.05) is 7.05 Å². The van der Waals surface area contributed by atoms with E-state index in [2.05, 4.69) is 32.0 Å². The second kappa shape index (κ2) is 5.33. The number of likely N-dealkylation sites (N-methyl/N-ethyl adjacent to an activating group) is 1. The Labute approximate surface area is 115 Å². The Hall–Kier alpha value is -1.35. The van der Waals surface area contributed by atoms with Gasteiger partial charge in [-0.05, 0) is 49.8 Å². The fourth-order valence-corrected chi connectivity index (χ4v) is 2.35. The van der Waals surface area contributed by atoms with Crippen molar-refractivity contribution in [1.29, 1.82) is 0 Å². The maximum absolute atomic E-state index is 12.2. The normalized spacial score (nSPS) is 16.2. The average molecular weight is 261 g/mol. The van der Waals surface area contributed by atoms with Crippen molar-refractivity contribution in [3.63, 3.8) is 0 Å². The molecule has 0 heterocycles. The van der Waals surface area contributed by atoms with E-state index in [0.29, 0.717) is 6.54 Å². The standard InChI is InChI=1S/C16H23NO2/c1-12-4-5-14(10-13(12)2)6-9-17(3)15(19)16(11-18)7-8-16/h4-5,10,18H,6-9,11H2,1-3H3. The van der Waals surface area contributed by atoms with Crippen molar-refractivity contribution in [3.05, 3.63) is 34.9 Å². The van der Waals surface area contributed by atoms with Crippen molar-refractivity contribution in [1.82, 2.24) is 4.90 Å². The summed E-state index contributed by atoms with van der Waals surface area (Å²) in [4.78, 5) is 13.9. The molecule has 1 aromatic rings. The van der Waals surface area contributed by atoms with Gasteiger partial charge in [-0.25, -0.2) is 0 Å². The van der Waals surface area contributed by atoms with E-state index in [1.165, 1.54) is 16.7 Å².